The maximum atomic E-state index is 10.1. The van der Waals surface area contributed by atoms with E-state index in [1.807, 2.05) is 26.0 Å². The zero-order chi connectivity index (χ0) is 16.9. The second kappa shape index (κ2) is 8.33. The van der Waals surface area contributed by atoms with Crippen molar-refractivity contribution in [2.75, 3.05) is 7.11 Å². The van der Waals surface area contributed by atoms with Gasteiger partial charge in [-0.1, -0.05) is 11.6 Å². The first-order chi connectivity index (χ1) is 10.3. The maximum Gasteiger partial charge on any atom is 0.157 e. The van der Waals surface area contributed by atoms with Gasteiger partial charge in [-0.05, 0) is 39.8 Å². The minimum Gasteiger partial charge on any atom is -0.501 e. The average Bonchev–Trinajstić information content (AvgIpc) is 2.47. The highest BCUT2D eigenvalue weighted by atomic mass is 16.5. The Morgan fingerprint density at radius 2 is 1.68 bits per heavy atom. The first-order valence-corrected chi connectivity index (χ1v) is 7.30. The van der Waals surface area contributed by atoms with Crippen molar-refractivity contribution < 1.29 is 24.8 Å². The average molecular weight is 313 g/mol. The molecule has 0 aromatic carbocycles. The van der Waals surface area contributed by atoms with E-state index in [1.165, 1.54) is 0 Å². The summed E-state index contributed by atoms with van der Waals surface area (Å²) in [6, 6.07) is 0. The Morgan fingerprint density at radius 3 is 2.23 bits per heavy atom. The standard InChI is InChI=1S/C16H27NO5/c1-9(2)6-7-12(8-10(3)21-5)17-16-15(20)14(19)13(18)11(4)22-16/h6-8,11,13-20H,1-5H3/b10-8+,12-7+. The van der Waals surface area contributed by atoms with Crippen molar-refractivity contribution in [3.05, 3.63) is 35.3 Å². The van der Waals surface area contributed by atoms with E-state index in [-0.39, 0.29) is 0 Å². The number of aliphatic hydroxyl groups is 3. The lowest BCUT2D eigenvalue weighted by atomic mass is 9.99. The smallest absolute Gasteiger partial charge is 0.157 e. The van der Waals surface area contributed by atoms with E-state index in [4.69, 9.17) is 9.47 Å². The molecule has 6 nitrogen and oxygen atoms in total. The van der Waals surface area contributed by atoms with Crippen molar-refractivity contribution in [1.29, 1.82) is 0 Å². The molecular formula is C16H27NO5. The molecule has 22 heavy (non-hydrogen) atoms. The van der Waals surface area contributed by atoms with E-state index in [0.29, 0.717) is 11.5 Å². The van der Waals surface area contributed by atoms with E-state index < -0.39 is 30.6 Å². The number of aliphatic hydroxyl groups excluding tert-OH is 3. The molecule has 1 rings (SSSR count). The van der Waals surface area contributed by atoms with Gasteiger partial charge in [0.25, 0.3) is 0 Å². The van der Waals surface area contributed by atoms with Gasteiger partial charge in [0.1, 0.15) is 18.3 Å². The molecule has 0 amide bonds. The lowest BCUT2D eigenvalue weighted by molar-refractivity contribution is -0.222. The second-order valence-electron chi connectivity index (χ2n) is 5.70. The third-order valence-corrected chi connectivity index (χ3v) is 3.44. The number of rotatable bonds is 5. The minimum atomic E-state index is -1.27. The van der Waals surface area contributed by atoms with Crippen LogP contribution in [0, 0.1) is 0 Å². The summed E-state index contributed by atoms with van der Waals surface area (Å²) in [6.45, 7) is 7.38. The number of hydrogen-bond acceptors (Lipinski definition) is 6. The predicted molar refractivity (Wildman–Crippen MR) is 83.8 cm³/mol. The summed E-state index contributed by atoms with van der Waals surface area (Å²) in [4.78, 5) is 0. The summed E-state index contributed by atoms with van der Waals surface area (Å²) in [5.74, 6) is 0.680. The van der Waals surface area contributed by atoms with Crippen LogP contribution in [0.2, 0.25) is 0 Å². The van der Waals surface area contributed by atoms with Crippen molar-refractivity contribution in [3.63, 3.8) is 0 Å². The van der Waals surface area contributed by atoms with Crippen LogP contribution in [0.5, 0.6) is 0 Å². The maximum absolute atomic E-state index is 10.1. The summed E-state index contributed by atoms with van der Waals surface area (Å²) in [6.07, 6.45) is 0.462. The van der Waals surface area contributed by atoms with E-state index in [0.717, 1.165) is 5.57 Å². The van der Waals surface area contributed by atoms with Crippen LogP contribution >= 0.6 is 0 Å². The number of nitrogens with one attached hydrogen (secondary N) is 1. The predicted octanol–water partition coefficient (Wildman–Crippen LogP) is 0.804. The number of methoxy groups -OCH3 is 1. The molecule has 0 bridgehead atoms. The van der Waals surface area contributed by atoms with Crippen LogP contribution in [-0.2, 0) is 9.47 Å². The molecule has 6 heteroatoms. The topological polar surface area (TPSA) is 91.2 Å². The molecular weight excluding hydrogens is 286 g/mol. The van der Waals surface area contributed by atoms with Gasteiger partial charge in [0.2, 0.25) is 0 Å². The van der Waals surface area contributed by atoms with Crippen LogP contribution in [0.15, 0.2) is 35.3 Å². The molecule has 1 aliphatic rings. The highest BCUT2D eigenvalue weighted by Gasteiger charge is 2.41. The lowest BCUT2D eigenvalue weighted by Crippen LogP contribution is -2.60. The highest BCUT2D eigenvalue weighted by molar-refractivity contribution is 5.25. The molecule has 0 spiro atoms. The number of hydrogen-bond donors (Lipinski definition) is 4. The molecule has 0 aromatic heterocycles. The summed E-state index contributed by atoms with van der Waals surface area (Å²) in [5.41, 5.74) is 1.78. The molecule has 0 radical (unpaired) electrons. The molecule has 1 saturated heterocycles. The van der Waals surface area contributed by atoms with Gasteiger partial charge < -0.3 is 30.1 Å². The van der Waals surface area contributed by atoms with E-state index in [1.54, 1.807) is 27.0 Å². The van der Waals surface area contributed by atoms with Crippen molar-refractivity contribution in [1.82, 2.24) is 5.32 Å². The third kappa shape index (κ3) is 5.14. The number of ether oxygens (including phenoxy) is 2. The summed E-state index contributed by atoms with van der Waals surface area (Å²) in [5, 5.41) is 32.6. The zero-order valence-electron chi connectivity index (χ0n) is 13.8. The SMILES string of the molecule is CO/C(C)=C/C(=C\C=C(C)C)NC1OC(C)C(O)C(O)C1O. The van der Waals surface area contributed by atoms with Crippen molar-refractivity contribution >= 4 is 0 Å². The van der Waals surface area contributed by atoms with Crippen LogP contribution in [-0.4, -0.2) is 53.1 Å². The van der Waals surface area contributed by atoms with Gasteiger partial charge in [0.15, 0.2) is 6.23 Å². The fourth-order valence-electron chi connectivity index (χ4n) is 2.01. The van der Waals surface area contributed by atoms with Crippen LogP contribution in [0.3, 0.4) is 0 Å². The normalized spacial score (nSPS) is 33.4. The summed E-state index contributed by atoms with van der Waals surface area (Å²) >= 11 is 0. The van der Waals surface area contributed by atoms with E-state index in [2.05, 4.69) is 5.32 Å². The van der Waals surface area contributed by atoms with Gasteiger partial charge in [-0.25, -0.2) is 0 Å². The molecule has 5 unspecified atom stereocenters. The van der Waals surface area contributed by atoms with Gasteiger partial charge >= 0.3 is 0 Å². The van der Waals surface area contributed by atoms with E-state index in [9.17, 15) is 15.3 Å². The monoisotopic (exact) mass is 313 g/mol. The minimum absolute atomic E-state index is 0.590. The van der Waals surface area contributed by atoms with Gasteiger partial charge in [0.05, 0.1) is 19.0 Å². The Balaban J connectivity index is 2.94. The first kappa shape index (κ1) is 18.7. The molecule has 1 aliphatic heterocycles. The molecule has 1 fully saturated rings. The fraction of sp³-hybridized carbons (Fsp3) is 0.625. The largest absolute Gasteiger partial charge is 0.501 e. The molecule has 5 atom stereocenters. The van der Waals surface area contributed by atoms with Crippen molar-refractivity contribution in [2.45, 2.75) is 58.3 Å². The second-order valence-corrected chi connectivity index (χ2v) is 5.70. The first-order valence-electron chi connectivity index (χ1n) is 7.30. The molecule has 4 N–H and O–H groups in total. The van der Waals surface area contributed by atoms with Gasteiger partial charge in [-0.3, -0.25) is 0 Å². The molecule has 126 valence electrons. The highest BCUT2D eigenvalue weighted by Crippen LogP contribution is 2.20. The van der Waals surface area contributed by atoms with E-state index >= 15 is 0 Å². The van der Waals surface area contributed by atoms with Gasteiger partial charge in [0, 0.05) is 5.70 Å². The number of allylic oxidation sites excluding steroid dienone is 5. The third-order valence-electron chi connectivity index (χ3n) is 3.44. The van der Waals surface area contributed by atoms with Crippen LogP contribution in [0.4, 0.5) is 0 Å². The van der Waals surface area contributed by atoms with Crippen molar-refractivity contribution in [2.24, 2.45) is 0 Å². The lowest BCUT2D eigenvalue weighted by Gasteiger charge is -2.40. The molecule has 1 heterocycles. The van der Waals surface area contributed by atoms with Crippen LogP contribution < -0.4 is 5.32 Å². The van der Waals surface area contributed by atoms with Crippen LogP contribution in [0.1, 0.15) is 27.7 Å². The summed E-state index contributed by atoms with van der Waals surface area (Å²) in [7, 11) is 1.57. The molecule has 0 saturated carbocycles. The Hall–Kier alpha value is -1.34. The fourth-order valence-corrected chi connectivity index (χ4v) is 2.01. The summed E-state index contributed by atoms with van der Waals surface area (Å²) < 4.78 is 10.7. The quantitative estimate of drug-likeness (QED) is 0.443. The molecule has 0 aliphatic carbocycles. The zero-order valence-corrected chi connectivity index (χ0v) is 13.8. The Labute approximate surface area is 131 Å². The Morgan fingerprint density at radius 1 is 1.05 bits per heavy atom. The van der Waals surface area contributed by atoms with Crippen LogP contribution in [0.25, 0.3) is 0 Å². The van der Waals surface area contributed by atoms with Gasteiger partial charge in [-0.2, -0.15) is 0 Å². The Kier molecular flexibility index (Phi) is 7.09. The van der Waals surface area contributed by atoms with Crippen molar-refractivity contribution in [3.8, 4) is 0 Å². The van der Waals surface area contributed by atoms with Gasteiger partial charge in [-0.15, -0.1) is 0 Å². The Bertz CT molecular complexity index is 453. The molecule has 0 aromatic rings.